The van der Waals surface area contributed by atoms with Gasteiger partial charge in [0.2, 0.25) is 0 Å². The van der Waals surface area contributed by atoms with Crippen molar-refractivity contribution in [2.45, 2.75) is 20.0 Å². The fraction of sp³-hybridized carbons (Fsp3) is 0.286. The van der Waals surface area contributed by atoms with Crippen molar-refractivity contribution >= 4 is 5.97 Å². The van der Waals surface area contributed by atoms with Gasteiger partial charge >= 0.3 is 5.97 Å². The molecule has 0 saturated heterocycles. The van der Waals surface area contributed by atoms with Gasteiger partial charge in [0, 0.05) is 7.05 Å². The van der Waals surface area contributed by atoms with Gasteiger partial charge in [0.05, 0.1) is 17.8 Å². The van der Waals surface area contributed by atoms with E-state index in [9.17, 15) is 4.79 Å². The Morgan fingerprint density at radius 1 is 1.42 bits per heavy atom. The second kappa shape index (κ2) is 5.56. The van der Waals surface area contributed by atoms with Crippen LogP contribution in [0.25, 0.3) is 0 Å². The van der Waals surface area contributed by atoms with Crippen LogP contribution in [-0.2, 0) is 24.9 Å². The van der Waals surface area contributed by atoms with E-state index < -0.39 is 5.97 Å². The molecule has 0 aliphatic rings. The maximum absolute atomic E-state index is 10.7. The number of aromatic nitrogens is 2. The van der Waals surface area contributed by atoms with Crippen LogP contribution in [0.5, 0.6) is 5.75 Å². The first kappa shape index (κ1) is 13.1. The number of ether oxygens (including phenoxy) is 1. The summed E-state index contributed by atoms with van der Waals surface area (Å²) in [5.74, 6) is -0.183. The highest BCUT2D eigenvalue weighted by Crippen LogP contribution is 2.16. The van der Waals surface area contributed by atoms with Crippen LogP contribution in [0.15, 0.2) is 30.3 Å². The number of carbonyl (C=O) groups is 1. The summed E-state index contributed by atoms with van der Waals surface area (Å²) >= 11 is 0. The van der Waals surface area contributed by atoms with Crippen LogP contribution in [0.1, 0.15) is 17.0 Å². The molecule has 0 spiro atoms. The van der Waals surface area contributed by atoms with Crippen LogP contribution < -0.4 is 4.74 Å². The lowest BCUT2D eigenvalue weighted by Crippen LogP contribution is -2.04. The molecule has 1 aromatic carbocycles. The maximum Gasteiger partial charge on any atom is 0.307 e. The maximum atomic E-state index is 10.7. The Balaban J connectivity index is 2.03. The molecule has 2 rings (SSSR count). The number of hydrogen-bond donors (Lipinski definition) is 1. The molecule has 0 aliphatic carbocycles. The summed E-state index contributed by atoms with van der Waals surface area (Å²) in [7, 11) is 1.87. The summed E-state index contributed by atoms with van der Waals surface area (Å²) in [6.07, 6.45) is 0.00200. The zero-order chi connectivity index (χ0) is 13.8. The average Bonchev–Trinajstić information content (AvgIpc) is 2.65. The van der Waals surface area contributed by atoms with Crippen molar-refractivity contribution in [3.63, 3.8) is 0 Å². The van der Waals surface area contributed by atoms with Gasteiger partial charge in [-0.2, -0.15) is 5.10 Å². The van der Waals surface area contributed by atoms with Gasteiger partial charge in [-0.3, -0.25) is 9.48 Å². The number of carboxylic acid groups (broad SMARTS) is 1. The van der Waals surface area contributed by atoms with Gasteiger partial charge in [0.15, 0.2) is 0 Å². The predicted octanol–water partition coefficient (Wildman–Crippen LogP) is 1.93. The summed E-state index contributed by atoms with van der Waals surface area (Å²) in [5, 5.41) is 13.0. The Bertz CT molecular complexity index is 590. The highest BCUT2D eigenvalue weighted by atomic mass is 16.5. The molecular weight excluding hydrogens is 244 g/mol. The molecule has 0 unspecified atom stereocenters. The Labute approximate surface area is 111 Å². The Hall–Kier alpha value is -2.30. The summed E-state index contributed by atoms with van der Waals surface area (Å²) in [4.78, 5) is 10.7. The Kier molecular flexibility index (Phi) is 3.85. The molecule has 1 aromatic heterocycles. The van der Waals surface area contributed by atoms with Gasteiger partial charge < -0.3 is 9.84 Å². The van der Waals surface area contributed by atoms with Crippen molar-refractivity contribution in [1.82, 2.24) is 9.78 Å². The monoisotopic (exact) mass is 260 g/mol. The zero-order valence-electron chi connectivity index (χ0n) is 11.0. The van der Waals surface area contributed by atoms with Crippen LogP contribution in [0.3, 0.4) is 0 Å². The van der Waals surface area contributed by atoms with Gasteiger partial charge in [-0.1, -0.05) is 12.1 Å². The molecule has 19 heavy (non-hydrogen) atoms. The van der Waals surface area contributed by atoms with E-state index >= 15 is 0 Å². The van der Waals surface area contributed by atoms with Crippen LogP contribution in [0.4, 0.5) is 0 Å². The molecule has 1 heterocycles. The van der Waals surface area contributed by atoms with Gasteiger partial charge in [0.1, 0.15) is 12.4 Å². The van der Waals surface area contributed by atoms with Gasteiger partial charge in [-0.15, -0.1) is 0 Å². The van der Waals surface area contributed by atoms with E-state index in [-0.39, 0.29) is 6.42 Å². The lowest BCUT2D eigenvalue weighted by atomic mass is 10.1. The number of aryl methyl sites for hydroxylation is 2. The molecule has 0 amide bonds. The van der Waals surface area contributed by atoms with E-state index in [2.05, 4.69) is 5.10 Å². The molecule has 100 valence electrons. The molecule has 0 atom stereocenters. The zero-order valence-corrected chi connectivity index (χ0v) is 11.0. The van der Waals surface area contributed by atoms with E-state index in [0.29, 0.717) is 12.4 Å². The van der Waals surface area contributed by atoms with E-state index in [4.69, 9.17) is 9.84 Å². The van der Waals surface area contributed by atoms with Crippen LogP contribution in [-0.4, -0.2) is 20.9 Å². The minimum absolute atomic E-state index is 0.00200. The van der Waals surface area contributed by atoms with Crippen molar-refractivity contribution in [3.8, 4) is 5.75 Å². The summed E-state index contributed by atoms with van der Waals surface area (Å²) in [6.45, 7) is 2.34. The number of aliphatic carboxylic acids is 1. The van der Waals surface area contributed by atoms with Gasteiger partial charge in [-0.25, -0.2) is 0 Å². The third-order valence-electron chi connectivity index (χ3n) is 2.74. The number of hydrogen-bond acceptors (Lipinski definition) is 3. The molecule has 0 fully saturated rings. The standard InChI is InChI=1S/C14H16N2O3/c1-10-6-12(16(2)15-10)9-19-13-5-3-4-11(7-13)8-14(17)18/h3-7H,8-9H2,1-2H3,(H,17,18). The largest absolute Gasteiger partial charge is 0.487 e. The quantitative estimate of drug-likeness (QED) is 0.892. The lowest BCUT2D eigenvalue weighted by Gasteiger charge is -2.07. The number of benzene rings is 1. The molecule has 1 N–H and O–H groups in total. The second-order valence-corrected chi connectivity index (χ2v) is 4.41. The molecule has 0 bridgehead atoms. The summed E-state index contributed by atoms with van der Waals surface area (Å²) < 4.78 is 7.43. The first-order valence-electron chi connectivity index (χ1n) is 5.97. The smallest absolute Gasteiger partial charge is 0.307 e. The molecule has 5 heteroatoms. The Morgan fingerprint density at radius 3 is 2.84 bits per heavy atom. The third-order valence-corrected chi connectivity index (χ3v) is 2.74. The molecular formula is C14H16N2O3. The van der Waals surface area contributed by atoms with E-state index in [1.54, 1.807) is 22.9 Å². The predicted molar refractivity (Wildman–Crippen MR) is 70.1 cm³/mol. The van der Waals surface area contributed by atoms with Crippen molar-refractivity contribution in [3.05, 3.63) is 47.3 Å². The first-order chi connectivity index (χ1) is 9.04. The number of carboxylic acids is 1. The topological polar surface area (TPSA) is 64.3 Å². The van der Waals surface area contributed by atoms with Crippen LogP contribution in [0, 0.1) is 6.92 Å². The fourth-order valence-corrected chi connectivity index (χ4v) is 1.88. The number of nitrogens with zero attached hydrogens (tertiary/aromatic N) is 2. The molecule has 5 nitrogen and oxygen atoms in total. The van der Waals surface area contributed by atoms with Crippen molar-refractivity contribution in [2.24, 2.45) is 7.05 Å². The van der Waals surface area contributed by atoms with E-state index in [1.165, 1.54) is 0 Å². The second-order valence-electron chi connectivity index (χ2n) is 4.41. The van der Waals surface area contributed by atoms with Crippen LogP contribution >= 0.6 is 0 Å². The average molecular weight is 260 g/mol. The van der Waals surface area contributed by atoms with Gasteiger partial charge in [0.25, 0.3) is 0 Å². The highest BCUT2D eigenvalue weighted by Gasteiger charge is 2.05. The van der Waals surface area contributed by atoms with Crippen LogP contribution in [0.2, 0.25) is 0 Å². The van der Waals surface area contributed by atoms with E-state index in [0.717, 1.165) is 17.0 Å². The van der Waals surface area contributed by atoms with E-state index in [1.807, 2.05) is 26.1 Å². The number of rotatable bonds is 5. The molecule has 0 saturated carbocycles. The lowest BCUT2D eigenvalue weighted by molar-refractivity contribution is -0.136. The van der Waals surface area contributed by atoms with Gasteiger partial charge in [-0.05, 0) is 30.7 Å². The fourth-order valence-electron chi connectivity index (χ4n) is 1.88. The molecule has 0 radical (unpaired) electrons. The normalized spacial score (nSPS) is 10.4. The minimum Gasteiger partial charge on any atom is -0.487 e. The summed E-state index contributed by atoms with van der Waals surface area (Å²) in [6, 6.07) is 9.09. The van der Waals surface area contributed by atoms with Crippen molar-refractivity contribution in [2.75, 3.05) is 0 Å². The summed E-state index contributed by atoms with van der Waals surface area (Å²) in [5.41, 5.74) is 2.65. The highest BCUT2D eigenvalue weighted by molar-refractivity contribution is 5.70. The Morgan fingerprint density at radius 2 is 2.21 bits per heavy atom. The van der Waals surface area contributed by atoms with Crippen molar-refractivity contribution < 1.29 is 14.6 Å². The third kappa shape index (κ3) is 3.58. The molecule has 2 aromatic rings. The SMILES string of the molecule is Cc1cc(COc2cccc(CC(=O)O)c2)n(C)n1. The minimum atomic E-state index is -0.848. The van der Waals surface area contributed by atoms with Crippen molar-refractivity contribution in [1.29, 1.82) is 0 Å². The molecule has 0 aliphatic heterocycles. The first-order valence-corrected chi connectivity index (χ1v) is 5.97.